The molecule has 0 unspecified atom stereocenters. The number of sulfonamides is 1. The van der Waals surface area contributed by atoms with Gasteiger partial charge in [0.05, 0.1) is 11.0 Å². The van der Waals surface area contributed by atoms with E-state index in [1.165, 1.54) is 6.08 Å². The first-order valence-corrected chi connectivity index (χ1v) is 9.26. The molecule has 0 radical (unpaired) electrons. The quantitative estimate of drug-likeness (QED) is 0.818. The molecule has 0 atom stereocenters. The fourth-order valence-corrected chi connectivity index (χ4v) is 3.43. The first-order valence-electron chi connectivity index (χ1n) is 6.54. The van der Waals surface area contributed by atoms with Crippen molar-refractivity contribution in [1.29, 1.82) is 0 Å². The lowest BCUT2D eigenvalue weighted by molar-refractivity contribution is 0.0981. The summed E-state index contributed by atoms with van der Waals surface area (Å²) in [4.78, 5) is 12.1. The van der Waals surface area contributed by atoms with Gasteiger partial charge < -0.3 is 0 Å². The number of hydrogen-bond acceptors (Lipinski definition) is 3. The fourth-order valence-electron chi connectivity index (χ4n) is 1.80. The third kappa shape index (κ3) is 4.92. The molecule has 1 N–H and O–H groups in total. The van der Waals surface area contributed by atoms with E-state index in [0.29, 0.717) is 15.1 Å². The van der Waals surface area contributed by atoms with Gasteiger partial charge in [-0.3, -0.25) is 4.79 Å². The van der Waals surface area contributed by atoms with Gasteiger partial charge in [-0.15, -0.1) is 0 Å². The minimum Gasteiger partial charge on any atom is -0.268 e. The molecule has 0 fully saturated rings. The van der Waals surface area contributed by atoms with E-state index in [1.807, 2.05) is 11.6 Å². The van der Waals surface area contributed by atoms with Gasteiger partial charge >= 0.3 is 0 Å². The van der Waals surface area contributed by atoms with Crippen molar-refractivity contribution >= 4 is 49.5 Å². The molecule has 23 heavy (non-hydrogen) atoms. The van der Waals surface area contributed by atoms with Gasteiger partial charge in [0, 0.05) is 9.50 Å². The van der Waals surface area contributed by atoms with E-state index in [0.717, 1.165) is 11.0 Å². The van der Waals surface area contributed by atoms with Gasteiger partial charge in [0.1, 0.15) is 0 Å². The molecule has 2 aromatic rings. The first-order chi connectivity index (χ1) is 10.8. The van der Waals surface area contributed by atoms with Crippen LogP contribution in [0.1, 0.15) is 21.5 Å². The average molecular weight is 415 g/mol. The first kappa shape index (κ1) is 17.7. The zero-order chi connectivity index (χ0) is 17.0. The highest BCUT2D eigenvalue weighted by Crippen LogP contribution is 2.19. The van der Waals surface area contributed by atoms with E-state index in [4.69, 9.17) is 11.6 Å². The normalized spacial score (nSPS) is 11.6. The SMILES string of the molecule is Cc1ccc(C(=O)NS(=O)(=O)/C=C/c2ccccc2Cl)c(Br)c1. The Labute approximate surface area is 148 Å². The lowest BCUT2D eigenvalue weighted by Gasteiger charge is -2.06. The van der Waals surface area contributed by atoms with E-state index < -0.39 is 15.9 Å². The molecule has 0 aliphatic rings. The fraction of sp³-hybridized carbons (Fsp3) is 0.0625. The Bertz CT molecular complexity index is 879. The summed E-state index contributed by atoms with van der Waals surface area (Å²) in [6.45, 7) is 1.87. The summed E-state index contributed by atoms with van der Waals surface area (Å²) >= 11 is 9.20. The summed E-state index contributed by atoms with van der Waals surface area (Å²) in [7, 11) is -3.93. The van der Waals surface area contributed by atoms with Crippen LogP contribution < -0.4 is 4.72 Å². The van der Waals surface area contributed by atoms with Gasteiger partial charge in [0.2, 0.25) is 0 Å². The van der Waals surface area contributed by atoms with Crippen LogP contribution in [0.15, 0.2) is 52.3 Å². The molecule has 2 rings (SSSR count). The highest BCUT2D eigenvalue weighted by atomic mass is 79.9. The van der Waals surface area contributed by atoms with Crippen molar-refractivity contribution in [3.05, 3.63) is 74.1 Å². The Morgan fingerprint density at radius 3 is 2.57 bits per heavy atom. The Morgan fingerprint density at radius 2 is 1.91 bits per heavy atom. The maximum Gasteiger partial charge on any atom is 0.266 e. The number of rotatable bonds is 4. The molecule has 4 nitrogen and oxygen atoms in total. The van der Waals surface area contributed by atoms with E-state index >= 15 is 0 Å². The molecule has 0 bridgehead atoms. The minimum atomic E-state index is -3.93. The predicted molar refractivity (Wildman–Crippen MR) is 95.8 cm³/mol. The Kier molecular flexibility index (Phi) is 5.62. The maximum absolute atomic E-state index is 12.1. The van der Waals surface area contributed by atoms with Crippen LogP contribution in [0, 0.1) is 6.92 Å². The largest absolute Gasteiger partial charge is 0.268 e. The van der Waals surface area contributed by atoms with Crippen LogP contribution in [-0.4, -0.2) is 14.3 Å². The van der Waals surface area contributed by atoms with Crippen molar-refractivity contribution in [2.24, 2.45) is 0 Å². The average Bonchev–Trinajstić information content (AvgIpc) is 2.45. The molecule has 0 saturated carbocycles. The molecule has 0 spiro atoms. The molecular formula is C16H13BrClNO3S. The summed E-state index contributed by atoms with van der Waals surface area (Å²) in [5.41, 5.74) is 1.74. The molecule has 0 aliphatic heterocycles. The molecule has 0 saturated heterocycles. The summed E-state index contributed by atoms with van der Waals surface area (Å²) in [6.07, 6.45) is 1.34. The smallest absolute Gasteiger partial charge is 0.266 e. The van der Waals surface area contributed by atoms with Gasteiger partial charge in [0.25, 0.3) is 15.9 Å². The second kappa shape index (κ2) is 7.29. The summed E-state index contributed by atoms with van der Waals surface area (Å²) in [6, 6.07) is 11.8. The lowest BCUT2D eigenvalue weighted by Crippen LogP contribution is -2.29. The van der Waals surface area contributed by atoms with E-state index in [1.54, 1.807) is 42.5 Å². The van der Waals surface area contributed by atoms with E-state index in [-0.39, 0.29) is 5.56 Å². The van der Waals surface area contributed by atoms with Crippen LogP contribution in [0.4, 0.5) is 0 Å². The van der Waals surface area contributed by atoms with Crippen LogP contribution >= 0.6 is 27.5 Å². The molecule has 2 aromatic carbocycles. The van der Waals surface area contributed by atoms with Gasteiger partial charge in [0.15, 0.2) is 0 Å². The molecule has 0 heterocycles. The van der Waals surface area contributed by atoms with Crippen molar-refractivity contribution in [2.75, 3.05) is 0 Å². The number of carbonyl (C=O) groups excluding carboxylic acids is 1. The number of carbonyl (C=O) groups is 1. The van der Waals surface area contributed by atoms with Crippen molar-refractivity contribution in [1.82, 2.24) is 4.72 Å². The highest BCUT2D eigenvalue weighted by Gasteiger charge is 2.15. The highest BCUT2D eigenvalue weighted by molar-refractivity contribution is 9.10. The van der Waals surface area contributed by atoms with E-state index in [9.17, 15) is 13.2 Å². The lowest BCUT2D eigenvalue weighted by atomic mass is 10.1. The maximum atomic E-state index is 12.1. The molecule has 0 aromatic heterocycles. The van der Waals surface area contributed by atoms with Gasteiger partial charge in [-0.2, -0.15) is 0 Å². The van der Waals surface area contributed by atoms with Gasteiger partial charge in [-0.25, -0.2) is 13.1 Å². The zero-order valence-electron chi connectivity index (χ0n) is 12.1. The minimum absolute atomic E-state index is 0.241. The second-order valence-corrected chi connectivity index (χ2v) is 7.61. The number of hydrogen-bond donors (Lipinski definition) is 1. The molecule has 7 heteroatoms. The van der Waals surface area contributed by atoms with Gasteiger partial charge in [-0.1, -0.05) is 35.9 Å². The Morgan fingerprint density at radius 1 is 1.22 bits per heavy atom. The van der Waals surface area contributed by atoms with Crippen LogP contribution in [0.3, 0.4) is 0 Å². The number of benzene rings is 2. The summed E-state index contributed by atoms with van der Waals surface area (Å²) in [5, 5.41) is 1.33. The molecular weight excluding hydrogens is 402 g/mol. The van der Waals surface area contributed by atoms with Crippen LogP contribution in [0.5, 0.6) is 0 Å². The Hall–Kier alpha value is -1.63. The monoisotopic (exact) mass is 413 g/mol. The summed E-state index contributed by atoms with van der Waals surface area (Å²) in [5.74, 6) is -0.708. The third-order valence-corrected chi connectivity index (χ3v) is 4.90. The Balaban J connectivity index is 2.18. The van der Waals surface area contributed by atoms with Crippen LogP contribution in [0.25, 0.3) is 6.08 Å². The molecule has 0 aliphatic carbocycles. The number of amides is 1. The van der Waals surface area contributed by atoms with Crippen LogP contribution in [0.2, 0.25) is 5.02 Å². The van der Waals surface area contributed by atoms with Crippen LogP contribution in [-0.2, 0) is 10.0 Å². The standard InChI is InChI=1S/C16H13BrClNO3S/c1-11-6-7-13(14(17)10-11)16(20)19-23(21,22)9-8-12-4-2-3-5-15(12)18/h2-10H,1H3,(H,19,20)/b9-8+. The third-order valence-electron chi connectivity index (χ3n) is 2.94. The van der Waals surface area contributed by atoms with Crippen molar-refractivity contribution in [2.45, 2.75) is 6.92 Å². The zero-order valence-corrected chi connectivity index (χ0v) is 15.2. The van der Waals surface area contributed by atoms with Crippen molar-refractivity contribution in [3.8, 4) is 0 Å². The summed E-state index contributed by atoms with van der Waals surface area (Å²) < 4.78 is 26.5. The van der Waals surface area contributed by atoms with Gasteiger partial charge in [-0.05, 0) is 58.3 Å². The topological polar surface area (TPSA) is 63.2 Å². The number of nitrogens with one attached hydrogen (secondary N) is 1. The van der Waals surface area contributed by atoms with E-state index in [2.05, 4.69) is 15.9 Å². The molecule has 1 amide bonds. The number of aryl methyl sites for hydroxylation is 1. The number of halogens is 2. The molecule has 120 valence electrons. The predicted octanol–water partition coefficient (Wildman–Crippen LogP) is 4.14. The second-order valence-electron chi connectivity index (χ2n) is 4.78. The van der Waals surface area contributed by atoms with Crippen molar-refractivity contribution in [3.63, 3.8) is 0 Å². The van der Waals surface area contributed by atoms with Crippen molar-refractivity contribution < 1.29 is 13.2 Å².